The largest absolute Gasteiger partial charge is 0.476 e. The number of amides is 1. The minimum atomic E-state index is -4.29. The summed E-state index contributed by atoms with van der Waals surface area (Å²) in [4.78, 5) is 27.8. The molecule has 0 N–H and O–H groups in total. The number of halogens is 1. The van der Waals surface area contributed by atoms with E-state index in [1.165, 1.54) is 16.7 Å². The highest BCUT2D eigenvalue weighted by molar-refractivity contribution is 8.00. The summed E-state index contributed by atoms with van der Waals surface area (Å²) >= 11 is 7.61. The number of ether oxygens (including phenoxy) is 1. The number of phosphoric acid groups is 1. The molecule has 40 heavy (non-hydrogen) atoms. The van der Waals surface area contributed by atoms with Crippen LogP contribution in [-0.4, -0.2) is 44.9 Å². The molecule has 4 atom stereocenters. The molecule has 210 valence electrons. The fourth-order valence-corrected chi connectivity index (χ4v) is 7.96. The Hall–Kier alpha value is -2.65. The third-order valence-electron chi connectivity index (χ3n) is 6.64. The zero-order valence-corrected chi connectivity index (χ0v) is 24.2. The number of fused-ring (bicyclic) bond motifs is 1. The number of carbonyl (C=O) groups excluding carboxylic acids is 2. The van der Waals surface area contributed by atoms with E-state index in [-0.39, 0.29) is 25.6 Å². The number of benzene rings is 3. The van der Waals surface area contributed by atoms with Crippen molar-refractivity contribution in [2.75, 3.05) is 5.75 Å². The van der Waals surface area contributed by atoms with Gasteiger partial charge in [0, 0.05) is 5.75 Å². The summed E-state index contributed by atoms with van der Waals surface area (Å²) in [6.07, 6.45) is 0. The second-order valence-corrected chi connectivity index (χ2v) is 12.9. The van der Waals surface area contributed by atoms with Crippen LogP contribution in [0.5, 0.6) is 0 Å². The van der Waals surface area contributed by atoms with Gasteiger partial charge >= 0.3 is 13.8 Å². The van der Waals surface area contributed by atoms with E-state index in [0.29, 0.717) is 0 Å². The van der Waals surface area contributed by atoms with Gasteiger partial charge in [0.15, 0.2) is 6.04 Å². The lowest BCUT2D eigenvalue weighted by molar-refractivity contribution is -0.174. The Morgan fingerprint density at radius 2 is 1.38 bits per heavy atom. The molecule has 0 bridgehead atoms. The monoisotopic (exact) mass is 601 g/mol. The zero-order valence-electron chi connectivity index (χ0n) is 21.8. The van der Waals surface area contributed by atoms with E-state index in [1.54, 1.807) is 6.92 Å². The van der Waals surface area contributed by atoms with Gasteiger partial charge in [-0.05, 0) is 23.6 Å². The number of hydrogen-bond acceptors (Lipinski definition) is 8. The second-order valence-electron chi connectivity index (χ2n) is 9.71. The quantitative estimate of drug-likeness (QED) is 0.115. The Morgan fingerprint density at radius 1 is 0.900 bits per heavy atom. The van der Waals surface area contributed by atoms with Gasteiger partial charge in [0.2, 0.25) is 5.91 Å². The van der Waals surface area contributed by atoms with Gasteiger partial charge in [0.25, 0.3) is 0 Å². The van der Waals surface area contributed by atoms with Gasteiger partial charge in [-0.1, -0.05) is 91.0 Å². The number of phosphoric ester groups is 1. The smallest absolute Gasteiger partial charge is 0.459 e. The van der Waals surface area contributed by atoms with E-state index in [9.17, 15) is 14.2 Å². The Bertz CT molecular complexity index is 1320. The highest BCUT2D eigenvalue weighted by Gasteiger charge is 2.63. The number of esters is 1. The predicted octanol–water partition coefficient (Wildman–Crippen LogP) is 5.94. The molecule has 0 spiro atoms. The molecular weight excluding hydrogens is 573 g/mol. The fraction of sp³-hybridized carbons (Fsp3) is 0.310. The van der Waals surface area contributed by atoms with Crippen molar-refractivity contribution in [2.45, 2.75) is 49.1 Å². The highest BCUT2D eigenvalue weighted by Crippen LogP contribution is 2.58. The van der Waals surface area contributed by atoms with Crippen LogP contribution in [-0.2, 0) is 52.3 Å². The van der Waals surface area contributed by atoms with Crippen molar-refractivity contribution in [3.8, 4) is 0 Å². The minimum absolute atomic E-state index is 0.00305. The molecule has 11 heteroatoms. The topological polar surface area (TPSA) is 91.4 Å². The van der Waals surface area contributed by atoms with Crippen molar-refractivity contribution in [1.82, 2.24) is 4.90 Å². The van der Waals surface area contributed by atoms with E-state index < -0.39 is 42.1 Å². The lowest BCUT2D eigenvalue weighted by Crippen LogP contribution is -2.75. The molecule has 0 saturated carbocycles. The highest BCUT2D eigenvalue weighted by atomic mass is 35.5. The van der Waals surface area contributed by atoms with Gasteiger partial charge in [0.1, 0.15) is 23.0 Å². The predicted molar refractivity (Wildman–Crippen MR) is 152 cm³/mol. The van der Waals surface area contributed by atoms with E-state index in [4.69, 9.17) is 29.9 Å². The van der Waals surface area contributed by atoms with Crippen molar-refractivity contribution in [2.24, 2.45) is 0 Å². The summed E-state index contributed by atoms with van der Waals surface area (Å²) in [5.41, 5.74) is 0.845. The minimum Gasteiger partial charge on any atom is -0.459 e. The zero-order chi connectivity index (χ0) is 28.2. The number of alkyl halides is 1. The van der Waals surface area contributed by atoms with Crippen LogP contribution >= 0.6 is 31.2 Å². The first kappa shape index (κ1) is 28.9. The van der Waals surface area contributed by atoms with Crippen LogP contribution in [0.2, 0.25) is 0 Å². The SMILES string of the molecule is C[C@@]1(OP(=O)(OCc2ccccc2)OCc2ccccc2)CS[C@@H]2[C@@H](Cl)C(=O)N2[C@H]1C(=O)OCc1ccccc1. The summed E-state index contributed by atoms with van der Waals surface area (Å²) in [6, 6.07) is 26.4. The Kier molecular flexibility index (Phi) is 9.00. The van der Waals surface area contributed by atoms with E-state index >= 15 is 0 Å². The number of nitrogens with zero attached hydrogens (tertiary/aromatic N) is 1. The Balaban J connectivity index is 1.40. The molecule has 3 aromatic carbocycles. The summed E-state index contributed by atoms with van der Waals surface area (Å²) in [6.45, 7) is 1.52. The Morgan fingerprint density at radius 3 is 1.88 bits per heavy atom. The van der Waals surface area contributed by atoms with Crippen LogP contribution < -0.4 is 0 Å². The second kappa shape index (κ2) is 12.5. The van der Waals surface area contributed by atoms with E-state index in [1.807, 2.05) is 91.0 Å². The fourth-order valence-electron chi connectivity index (χ4n) is 4.56. The van der Waals surface area contributed by atoms with Crippen LogP contribution in [0.1, 0.15) is 23.6 Å². The summed E-state index contributed by atoms with van der Waals surface area (Å²) in [7, 11) is -4.29. The third-order valence-corrected chi connectivity index (χ3v) is 10.3. The first-order chi connectivity index (χ1) is 19.3. The molecule has 2 saturated heterocycles. The molecule has 0 aliphatic carbocycles. The maximum atomic E-state index is 14.2. The van der Waals surface area contributed by atoms with E-state index in [0.717, 1.165) is 16.7 Å². The van der Waals surface area contributed by atoms with Crippen molar-refractivity contribution < 1.29 is 32.5 Å². The average molecular weight is 602 g/mol. The molecule has 0 radical (unpaired) electrons. The molecule has 2 aliphatic rings. The third kappa shape index (κ3) is 6.46. The molecule has 5 rings (SSSR count). The van der Waals surface area contributed by atoms with Crippen LogP contribution in [0.25, 0.3) is 0 Å². The van der Waals surface area contributed by atoms with Gasteiger partial charge in [-0.3, -0.25) is 18.4 Å². The van der Waals surface area contributed by atoms with Crippen LogP contribution in [0.4, 0.5) is 0 Å². The molecule has 1 amide bonds. The lowest BCUT2D eigenvalue weighted by atomic mass is 9.93. The van der Waals surface area contributed by atoms with Gasteiger partial charge in [-0.25, -0.2) is 9.36 Å². The van der Waals surface area contributed by atoms with Crippen molar-refractivity contribution in [1.29, 1.82) is 0 Å². The molecule has 2 heterocycles. The van der Waals surface area contributed by atoms with Crippen molar-refractivity contribution >= 4 is 43.1 Å². The number of β-lactam (4-membered cyclic amide) rings is 1. The number of thioether (sulfide) groups is 1. The van der Waals surface area contributed by atoms with Crippen LogP contribution in [0.3, 0.4) is 0 Å². The summed E-state index contributed by atoms with van der Waals surface area (Å²) in [5.74, 6) is -0.907. The first-order valence-corrected chi connectivity index (χ1v) is 15.7. The number of rotatable bonds is 11. The van der Waals surface area contributed by atoms with Crippen LogP contribution in [0.15, 0.2) is 91.0 Å². The van der Waals surface area contributed by atoms with Crippen LogP contribution in [0, 0.1) is 0 Å². The molecular formula is C29H29ClNO7PS. The number of carbonyl (C=O) groups is 2. The van der Waals surface area contributed by atoms with Gasteiger partial charge in [0.05, 0.1) is 13.2 Å². The molecule has 0 unspecified atom stereocenters. The van der Waals surface area contributed by atoms with Crippen molar-refractivity contribution in [3.05, 3.63) is 108 Å². The average Bonchev–Trinajstić information content (AvgIpc) is 2.99. The molecule has 2 fully saturated rings. The maximum Gasteiger partial charge on any atom is 0.476 e. The normalized spacial score (nSPS) is 24.2. The van der Waals surface area contributed by atoms with Gasteiger partial charge in [-0.2, -0.15) is 0 Å². The standard InChI is InChI=1S/C29H29ClNO7PS/c1-29(38-39(34,36-18-22-13-7-3-8-14-22)37-19-23-15-9-4-10-16-23)20-40-27-24(30)26(32)31(27)25(29)28(33)35-17-21-11-5-2-6-12-21/h2-16,24-25,27H,17-20H2,1H3/t24-,25-,27+,29+/m0/s1. The Labute approximate surface area is 242 Å². The molecule has 2 aliphatic heterocycles. The maximum absolute atomic E-state index is 14.2. The molecule has 3 aromatic rings. The van der Waals surface area contributed by atoms with Gasteiger partial charge in [-0.15, -0.1) is 23.4 Å². The summed E-state index contributed by atoms with van der Waals surface area (Å²) < 4.78 is 37.6. The van der Waals surface area contributed by atoms with Gasteiger partial charge < -0.3 is 9.64 Å². The van der Waals surface area contributed by atoms with Crippen molar-refractivity contribution in [3.63, 3.8) is 0 Å². The van der Waals surface area contributed by atoms with E-state index in [2.05, 4.69) is 0 Å². The summed E-state index contributed by atoms with van der Waals surface area (Å²) in [5, 5.41) is -1.20. The number of hydrogen-bond donors (Lipinski definition) is 0. The lowest BCUT2D eigenvalue weighted by Gasteiger charge is -2.56. The first-order valence-electron chi connectivity index (χ1n) is 12.7. The molecule has 8 nitrogen and oxygen atoms in total. The molecule has 0 aromatic heterocycles.